The van der Waals surface area contributed by atoms with Crippen molar-refractivity contribution in [3.05, 3.63) is 0 Å². The van der Waals surface area contributed by atoms with Crippen LogP contribution in [0.3, 0.4) is 0 Å². The lowest BCUT2D eigenvalue weighted by molar-refractivity contribution is -0.157. The molecule has 0 aliphatic carbocycles. The number of hydrogen-bond acceptors (Lipinski definition) is 3. The summed E-state index contributed by atoms with van der Waals surface area (Å²) in [5.41, 5.74) is 0. The molecule has 0 spiro atoms. The van der Waals surface area contributed by atoms with Gasteiger partial charge in [-0.25, -0.2) is 0 Å². The number of rotatable bonds is 6. The highest BCUT2D eigenvalue weighted by Crippen LogP contribution is 2.10. The zero-order valence-corrected chi connectivity index (χ0v) is 9.50. The maximum Gasteiger partial charge on any atom is 0.306 e. The molecular weight excluding hydrogens is 180 g/mol. The van der Waals surface area contributed by atoms with Gasteiger partial charge in [-0.3, -0.25) is 9.59 Å². The molecule has 1 unspecified atom stereocenters. The second kappa shape index (κ2) is 6.57. The van der Waals surface area contributed by atoms with E-state index in [-0.39, 0.29) is 17.7 Å². The van der Waals surface area contributed by atoms with Gasteiger partial charge in [0.2, 0.25) is 0 Å². The largest absolute Gasteiger partial charge is 0.454 e. The SMILES string of the molecule is CCCCC(=O)OC(C(C)=O)C(C)C. The number of carbonyl (C=O) groups is 2. The van der Waals surface area contributed by atoms with Crippen molar-refractivity contribution in [2.75, 3.05) is 0 Å². The van der Waals surface area contributed by atoms with Gasteiger partial charge in [-0.15, -0.1) is 0 Å². The molecule has 0 bridgehead atoms. The molecular formula is C11H20O3. The molecule has 0 aliphatic heterocycles. The summed E-state index contributed by atoms with van der Waals surface area (Å²) in [6.45, 7) is 7.22. The smallest absolute Gasteiger partial charge is 0.306 e. The van der Waals surface area contributed by atoms with E-state index in [2.05, 4.69) is 0 Å². The maximum absolute atomic E-state index is 11.2. The second-order valence-electron chi connectivity index (χ2n) is 3.87. The van der Waals surface area contributed by atoms with Crippen molar-refractivity contribution in [3.63, 3.8) is 0 Å². The van der Waals surface area contributed by atoms with Crippen molar-refractivity contribution in [3.8, 4) is 0 Å². The molecule has 0 aliphatic rings. The van der Waals surface area contributed by atoms with Gasteiger partial charge in [0, 0.05) is 6.42 Å². The first-order chi connectivity index (χ1) is 6.49. The van der Waals surface area contributed by atoms with Crippen LogP contribution in [0, 0.1) is 5.92 Å². The molecule has 0 aromatic rings. The highest BCUT2D eigenvalue weighted by Gasteiger charge is 2.22. The van der Waals surface area contributed by atoms with E-state index in [0.29, 0.717) is 6.42 Å². The number of ketones is 1. The fraction of sp³-hybridized carbons (Fsp3) is 0.818. The Morgan fingerprint density at radius 3 is 2.21 bits per heavy atom. The molecule has 0 rings (SSSR count). The minimum atomic E-state index is -0.570. The molecule has 0 aromatic heterocycles. The molecule has 0 N–H and O–H groups in total. The van der Waals surface area contributed by atoms with Crippen molar-refractivity contribution < 1.29 is 14.3 Å². The predicted molar refractivity (Wildman–Crippen MR) is 54.9 cm³/mol. The molecule has 0 aromatic carbocycles. The third-order valence-corrected chi connectivity index (χ3v) is 2.00. The molecule has 0 radical (unpaired) electrons. The van der Waals surface area contributed by atoms with Crippen LogP contribution in [0.4, 0.5) is 0 Å². The minimum Gasteiger partial charge on any atom is -0.454 e. The first-order valence-corrected chi connectivity index (χ1v) is 5.19. The predicted octanol–water partition coefficient (Wildman–Crippen LogP) is 2.33. The van der Waals surface area contributed by atoms with Crippen molar-refractivity contribution >= 4 is 11.8 Å². The first-order valence-electron chi connectivity index (χ1n) is 5.19. The first kappa shape index (κ1) is 13.1. The van der Waals surface area contributed by atoms with Crippen LogP contribution in [0.1, 0.15) is 47.0 Å². The molecule has 0 heterocycles. The van der Waals surface area contributed by atoms with Gasteiger partial charge in [-0.1, -0.05) is 27.2 Å². The minimum absolute atomic E-state index is 0.0538. The van der Waals surface area contributed by atoms with E-state index < -0.39 is 6.10 Å². The summed E-state index contributed by atoms with van der Waals surface area (Å²) in [7, 11) is 0. The topological polar surface area (TPSA) is 43.4 Å². The molecule has 3 heteroatoms. The summed E-state index contributed by atoms with van der Waals surface area (Å²) in [5.74, 6) is -0.288. The highest BCUT2D eigenvalue weighted by molar-refractivity contribution is 5.83. The van der Waals surface area contributed by atoms with Gasteiger partial charge in [0.15, 0.2) is 11.9 Å². The molecule has 0 fully saturated rings. The highest BCUT2D eigenvalue weighted by atomic mass is 16.5. The van der Waals surface area contributed by atoms with Gasteiger partial charge in [-0.2, -0.15) is 0 Å². The van der Waals surface area contributed by atoms with Gasteiger partial charge in [0.1, 0.15) is 0 Å². The van der Waals surface area contributed by atoms with E-state index >= 15 is 0 Å². The molecule has 0 saturated carbocycles. The van der Waals surface area contributed by atoms with Crippen molar-refractivity contribution in [2.24, 2.45) is 5.92 Å². The van der Waals surface area contributed by atoms with Crippen LogP contribution in [0.25, 0.3) is 0 Å². The summed E-state index contributed by atoms with van der Waals surface area (Å²) in [6.07, 6.45) is 1.62. The quantitative estimate of drug-likeness (QED) is 0.618. The second-order valence-corrected chi connectivity index (χ2v) is 3.87. The van der Waals surface area contributed by atoms with Crippen molar-refractivity contribution in [1.29, 1.82) is 0 Å². The average Bonchev–Trinajstić information content (AvgIpc) is 2.09. The lowest BCUT2D eigenvalue weighted by atomic mass is 10.0. The standard InChI is InChI=1S/C11H20O3/c1-5-6-7-10(13)14-11(8(2)3)9(4)12/h8,11H,5-7H2,1-4H3. The van der Waals surface area contributed by atoms with Crippen LogP contribution in [-0.2, 0) is 14.3 Å². The molecule has 0 saturated heterocycles. The monoisotopic (exact) mass is 200 g/mol. The van der Waals surface area contributed by atoms with Crippen LogP contribution >= 0.6 is 0 Å². The van der Waals surface area contributed by atoms with Crippen LogP contribution in [0.15, 0.2) is 0 Å². The van der Waals surface area contributed by atoms with E-state index in [0.717, 1.165) is 12.8 Å². The van der Waals surface area contributed by atoms with E-state index in [9.17, 15) is 9.59 Å². The van der Waals surface area contributed by atoms with Gasteiger partial charge >= 0.3 is 5.97 Å². The zero-order chi connectivity index (χ0) is 11.1. The van der Waals surface area contributed by atoms with Crippen LogP contribution in [0.2, 0.25) is 0 Å². The fourth-order valence-electron chi connectivity index (χ4n) is 1.21. The third-order valence-electron chi connectivity index (χ3n) is 2.00. The van der Waals surface area contributed by atoms with Gasteiger partial charge in [-0.05, 0) is 19.3 Å². The van der Waals surface area contributed by atoms with Crippen LogP contribution in [0.5, 0.6) is 0 Å². The Balaban J connectivity index is 4.04. The maximum atomic E-state index is 11.2. The molecule has 14 heavy (non-hydrogen) atoms. The Hall–Kier alpha value is -0.860. The number of carbonyl (C=O) groups excluding carboxylic acids is 2. The van der Waals surface area contributed by atoms with E-state index in [1.54, 1.807) is 0 Å². The average molecular weight is 200 g/mol. The molecule has 3 nitrogen and oxygen atoms in total. The van der Waals surface area contributed by atoms with E-state index in [1.807, 2.05) is 20.8 Å². The van der Waals surface area contributed by atoms with Crippen molar-refractivity contribution in [2.45, 2.75) is 53.1 Å². The number of unbranched alkanes of at least 4 members (excludes halogenated alkanes) is 1. The Kier molecular flexibility index (Phi) is 6.17. The normalized spacial score (nSPS) is 12.6. The Labute approximate surface area is 85.8 Å². The van der Waals surface area contributed by atoms with Gasteiger partial charge in [0.25, 0.3) is 0 Å². The lowest BCUT2D eigenvalue weighted by Crippen LogP contribution is -2.30. The van der Waals surface area contributed by atoms with Crippen LogP contribution in [-0.4, -0.2) is 17.9 Å². The van der Waals surface area contributed by atoms with Gasteiger partial charge in [0.05, 0.1) is 0 Å². The molecule has 1 atom stereocenters. The summed E-state index contributed by atoms with van der Waals surface area (Å²) < 4.78 is 5.09. The number of ether oxygens (including phenoxy) is 1. The summed E-state index contributed by atoms with van der Waals surface area (Å²) in [5, 5.41) is 0. The van der Waals surface area contributed by atoms with Gasteiger partial charge < -0.3 is 4.74 Å². The molecule has 82 valence electrons. The van der Waals surface area contributed by atoms with E-state index in [4.69, 9.17) is 4.74 Å². The van der Waals surface area contributed by atoms with E-state index in [1.165, 1.54) is 6.92 Å². The van der Waals surface area contributed by atoms with Crippen LogP contribution < -0.4 is 0 Å². The summed E-state index contributed by atoms with van der Waals surface area (Å²) >= 11 is 0. The zero-order valence-electron chi connectivity index (χ0n) is 9.50. The lowest BCUT2D eigenvalue weighted by Gasteiger charge is -2.18. The number of hydrogen-bond donors (Lipinski definition) is 0. The Morgan fingerprint density at radius 2 is 1.86 bits per heavy atom. The fourth-order valence-corrected chi connectivity index (χ4v) is 1.21. The Morgan fingerprint density at radius 1 is 1.29 bits per heavy atom. The number of Topliss-reactive ketones (excluding diaryl/α,β-unsaturated/α-hetero) is 1. The summed E-state index contributed by atoms with van der Waals surface area (Å²) in [6, 6.07) is 0. The summed E-state index contributed by atoms with van der Waals surface area (Å²) in [4.78, 5) is 22.4. The molecule has 0 amide bonds. The number of esters is 1. The Bertz CT molecular complexity index is 197. The van der Waals surface area contributed by atoms with Crippen molar-refractivity contribution in [1.82, 2.24) is 0 Å². The third kappa shape index (κ3) is 5.00.